The zero-order valence-electron chi connectivity index (χ0n) is 22.0. The highest BCUT2D eigenvalue weighted by Crippen LogP contribution is 2.19. The van der Waals surface area contributed by atoms with E-state index in [1.165, 1.54) is 13.8 Å². The summed E-state index contributed by atoms with van der Waals surface area (Å²) in [4.78, 5) is 90.5. The Kier molecular flexibility index (Phi) is 9.78. The van der Waals surface area contributed by atoms with Crippen LogP contribution in [0.2, 0.25) is 0 Å². The van der Waals surface area contributed by atoms with Crippen molar-refractivity contribution in [1.29, 1.82) is 0 Å². The quantitative estimate of drug-likeness (QED) is 0.192. The van der Waals surface area contributed by atoms with E-state index in [1.807, 2.05) is 24.3 Å². The molecule has 1 aliphatic rings. The largest absolute Gasteiger partial charge is 0.370 e. The zero-order chi connectivity index (χ0) is 29.4. The van der Waals surface area contributed by atoms with Crippen molar-refractivity contribution >= 4 is 52.3 Å². The van der Waals surface area contributed by atoms with Crippen LogP contribution in [0.4, 0.5) is 0 Å². The van der Waals surface area contributed by atoms with Crippen LogP contribution in [0.15, 0.2) is 30.5 Å². The SMILES string of the molecule is C[C@@H]1NC(=O)[C@H](CC(N)=O)NC(=O)CNC(=O)CNC(=O)[C@H](C)NC(=O)[C@H](Cc2c[nH]c3ccccc23)NC1=O. The van der Waals surface area contributed by atoms with Gasteiger partial charge in [-0.3, -0.25) is 33.6 Å². The van der Waals surface area contributed by atoms with Crippen molar-refractivity contribution in [2.24, 2.45) is 5.73 Å². The average molecular weight is 557 g/mol. The van der Waals surface area contributed by atoms with Gasteiger partial charge in [0.05, 0.1) is 19.5 Å². The number of fused-ring (bicyclic) bond motifs is 1. The smallest absolute Gasteiger partial charge is 0.243 e. The molecular weight excluding hydrogens is 524 g/mol. The third-order valence-electron chi connectivity index (χ3n) is 6.16. The molecule has 3 rings (SSSR count). The number of H-pyrrole nitrogens is 1. The van der Waals surface area contributed by atoms with Gasteiger partial charge in [0.2, 0.25) is 41.4 Å². The van der Waals surface area contributed by atoms with E-state index >= 15 is 0 Å². The molecule has 214 valence electrons. The van der Waals surface area contributed by atoms with E-state index in [0.29, 0.717) is 5.56 Å². The number of benzene rings is 1. The van der Waals surface area contributed by atoms with Crippen molar-refractivity contribution in [3.63, 3.8) is 0 Å². The second-order valence-electron chi connectivity index (χ2n) is 9.37. The van der Waals surface area contributed by atoms with Crippen molar-refractivity contribution in [2.45, 2.75) is 50.9 Å². The van der Waals surface area contributed by atoms with Gasteiger partial charge in [-0.1, -0.05) is 18.2 Å². The maximum absolute atomic E-state index is 13.2. The molecule has 1 fully saturated rings. The minimum atomic E-state index is -1.43. The number of nitrogens with two attached hydrogens (primary N) is 1. The lowest BCUT2D eigenvalue weighted by atomic mass is 10.0. The minimum Gasteiger partial charge on any atom is -0.370 e. The second kappa shape index (κ2) is 13.2. The third-order valence-corrected chi connectivity index (χ3v) is 6.16. The summed E-state index contributed by atoms with van der Waals surface area (Å²) in [6.45, 7) is 1.70. The van der Waals surface area contributed by atoms with Crippen LogP contribution < -0.4 is 37.6 Å². The molecular formula is C25H32N8O7. The number of hydrogen-bond acceptors (Lipinski definition) is 7. The molecule has 15 nitrogen and oxygen atoms in total. The predicted molar refractivity (Wildman–Crippen MR) is 141 cm³/mol. The Morgan fingerprint density at radius 3 is 2.10 bits per heavy atom. The molecule has 0 spiro atoms. The highest BCUT2D eigenvalue weighted by atomic mass is 16.2. The van der Waals surface area contributed by atoms with Gasteiger partial charge < -0.3 is 42.6 Å². The molecule has 1 aliphatic heterocycles. The summed E-state index contributed by atoms with van der Waals surface area (Å²) in [6.07, 6.45) is 1.17. The number of aromatic nitrogens is 1. The van der Waals surface area contributed by atoms with Gasteiger partial charge in [0.25, 0.3) is 0 Å². The van der Waals surface area contributed by atoms with E-state index in [2.05, 4.69) is 36.9 Å². The standard InChI is InChI=1S/C25H32N8O7/c1-12-22(37)29-10-20(35)28-11-21(36)32-18(8-19(26)34)25(40)31-13(2)23(38)33-17(24(39)30-12)7-14-9-27-16-6-4-3-5-15(14)16/h3-6,9,12-13,17-18,27H,7-8,10-11H2,1-2H3,(H2,26,34)(H,28,35)(H,29,37)(H,30,39)(H,31,40)(H,32,36)(H,33,38)/t12-,13-,17-,18-/m0/s1. The van der Waals surface area contributed by atoms with E-state index in [4.69, 9.17) is 5.73 Å². The van der Waals surface area contributed by atoms with Crippen LogP contribution in [0.3, 0.4) is 0 Å². The summed E-state index contributed by atoms with van der Waals surface area (Å²) in [5.41, 5.74) is 6.74. The normalized spacial score (nSPS) is 23.9. The van der Waals surface area contributed by atoms with Crippen molar-refractivity contribution in [2.75, 3.05) is 13.1 Å². The summed E-state index contributed by atoms with van der Waals surface area (Å²) in [7, 11) is 0. The van der Waals surface area contributed by atoms with Gasteiger partial charge in [-0.25, -0.2) is 0 Å². The van der Waals surface area contributed by atoms with Gasteiger partial charge in [0.1, 0.15) is 24.2 Å². The summed E-state index contributed by atoms with van der Waals surface area (Å²) < 4.78 is 0. The number of amides is 7. The molecule has 4 atom stereocenters. The molecule has 1 aromatic carbocycles. The second-order valence-corrected chi connectivity index (χ2v) is 9.37. The predicted octanol–water partition coefficient (Wildman–Crippen LogP) is -3.19. The fourth-order valence-corrected chi connectivity index (χ4v) is 4.00. The van der Waals surface area contributed by atoms with E-state index in [-0.39, 0.29) is 6.42 Å². The molecule has 0 saturated carbocycles. The van der Waals surface area contributed by atoms with Crippen LogP contribution in [-0.4, -0.2) is 83.6 Å². The first-order chi connectivity index (χ1) is 18.9. The number of carbonyl (C=O) groups is 7. The number of rotatable bonds is 4. The van der Waals surface area contributed by atoms with Gasteiger partial charge in [0.15, 0.2) is 0 Å². The monoisotopic (exact) mass is 556 g/mol. The molecule has 0 bridgehead atoms. The van der Waals surface area contributed by atoms with E-state index in [1.54, 1.807) is 6.20 Å². The molecule has 7 amide bonds. The Morgan fingerprint density at radius 1 is 0.775 bits per heavy atom. The number of carbonyl (C=O) groups excluding carboxylic acids is 7. The lowest BCUT2D eigenvalue weighted by Crippen LogP contribution is -2.59. The molecule has 15 heteroatoms. The van der Waals surface area contributed by atoms with Gasteiger partial charge in [-0.05, 0) is 25.5 Å². The third kappa shape index (κ3) is 8.02. The molecule has 0 aliphatic carbocycles. The van der Waals surface area contributed by atoms with Gasteiger partial charge >= 0.3 is 0 Å². The molecule has 1 aromatic heterocycles. The first-order valence-electron chi connectivity index (χ1n) is 12.5. The number of aromatic amines is 1. The zero-order valence-corrected chi connectivity index (χ0v) is 22.0. The number of para-hydroxylation sites is 1. The van der Waals surface area contributed by atoms with Crippen LogP contribution in [0.5, 0.6) is 0 Å². The van der Waals surface area contributed by atoms with E-state index in [9.17, 15) is 33.6 Å². The highest BCUT2D eigenvalue weighted by molar-refractivity contribution is 5.98. The number of hydrogen-bond donors (Lipinski definition) is 8. The Morgan fingerprint density at radius 2 is 1.40 bits per heavy atom. The van der Waals surface area contributed by atoms with Crippen LogP contribution in [0.25, 0.3) is 10.9 Å². The fourth-order valence-electron chi connectivity index (χ4n) is 4.00. The van der Waals surface area contributed by atoms with Crippen molar-refractivity contribution in [3.05, 3.63) is 36.0 Å². The summed E-state index contributed by atoms with van der Waals surface area (Å²) in [5.74, 6) is -5.37. The van der Waals surface area contributed by atoms with E-state index in [0.717, 1.165) is 10.9 Å². The lowest BCUT2D eigenvalue weighted by molar-refractivity contribution is -0.135. The average Bonchev–Trinajstić information content (AvgIpc) is 3.31. The lowest BCUT2D eigenvalue weighted by Gasteiger charge is -2.24. The highest BCUT2D eigenvalue weighted by Gasteiger charge is 2.30. The molecule has 2 heterocycles. The summed E-state index contributed by atoms with van der Waals surface area (Å²) >= 11 is 0. The Hall–Kier alpha value is -4.95. The molecule has 2 aromatic rings. The first kappa shape index (κ1) is 29.6. The molecule has 0 radical (unpaired) electrons. The maximum Gasteiger partial charge on any atom is 0.243 e. The van der Waals surface area contributed by atoms with Crippen LogP contribution >= 0.6 is 0 Å². The minimum absolute atomic E-state index is 0.0410. The van der Waals surface area contributed by atoms with Gasteiger partial charge in [-0.2, -0.15) is 0 Å². The van der Waals surface area contributed by atoms with Crippen molar-refractivity contribution in [1.82, 2.24) is 36.9 Å². The summed E-state index contributed by atoms with van der Waals surface area (Å²) in [5, 5.41) is 15.2. The summed E-state index contributed by atoms with van der Waals surface area (Å²) in [6, 6.07) is 2.50. The Labute approximate surface area is 228 Å². The molecule has 40 heavy (non-hydrogen) atoms. The fraction of sp³-hybridized carbons (Fsp3) is 0.400. The molecule has 0 unspecified atom stereocenters. The van der Waals surface area contributed by atoms with Crippen molar-refractivity contribution in [3.8, 4) is 0 Å². The molecule has 9 N–H and O–H groups in total. The molecule has 1 saturated heterocycles. The first-order valence-corrected chi connectivity index (χ1v) is 12.5. The number of primary amides is 1. The van der Waals surface area contributed by atoms with Gasteiger partial charge in [-0.15, -0.1) is 0 Å². The van der Waals surface area contributed by atoms with Gasteiger partial charge in [0, 0.05) is 23.5 Å². The maximum atomic E-state index is 13.2. The van der Waals surface area contributed by atoms with Crippen molar-refractivity contribution < 1.29 is 33.6 Å². The van der Waals surface area contributed by atoms with Crippen LogP contribution in [0.1, 0.15) is 25.8 Å². The van der Waals surface area contributed by atoms with Crippen LogP contribution in [-0.2, 0) is 40.0 Å². The Balaban J connectivity index is 1.87. The Bertz CT molecular complexity index is 1320. The topological polar surface area (TPSA) is 233 Å². The number of nitrogens with one attached hydrogen (secondary N) is 7. The van der Waals surface area contributed by atoms with E-state index < -0.39 is 85.0 Å². The van der Waals surface area contributed by atoms with Crippen LogP contribution in [0, 0.1) is 0 Å².